The summed E-state index contributed by atoms with van der Waals surface area (Å²) in [5.41, 5.74) is 3.39. The maximum absolute atomic E-state index is 12.2. The van der Waals surface area contributed by atoms with Crippen molar-refractivity contribution in [1.82, 2.24) is 19.9 Å². The second kappa shape index (κ2) is 8.22. The lowest BCUT2D eigenvalue weighted by Gasteiger charge is -2.11. The van der Waals surface area contributed by atoms with Gasteiger partial charge in [-0.3, -0.25) is 0 Å². The molecular formula is C21H18BrN5O. The molecule has 28 heavy (non-hydrogen) atoms. The molecular weight excluding hydrogens is 418 g/mol. The van der Waals surface area contributed by atoms with Gasteiger partial charge in [-0.05, 0) is 36.4 Å². The summed E-state index contributed by atoms with van der Waals surface area (Å²) in [5.74, 6) is 0.837. The third-order valence-electron chi connectivity index (χ3n) is 4.26. The molecule has 0 fully saturated rings. The Kier molecular flexibility index (Phi) is 5.34. The number of hydrogen-bond acceptors (Lipinski definition) is 3. The second-order valence-corrected chi connectivity index (χ2v) is 7.10. The Morgan fingerprint density at radius 2 is 1.79 bits per heavy atom. The standard InChI is InChI=1S/C21H18BrN5O/c22-16-8-10-17(11-9-16)25-21(28)24-13-14-27-19(15-5-2-1-3-6-15)26-18-7-4-12-23-20(18)27/h1-12H,13-14H2,(H2,24,25,28). The lowest BCUT2D eigenvalue weighted by Crippen LogP contribution is -2.31. The molecule has 0 saturated carbocycles. The van der Waals surface area contributed by atoms with E-state index in [-0.39, 0.29) is 6.03 Å². The SMILES string of the molecule is O=C(NCCn1c(-c2ccccc2)nc2cccnc21)Nc1ccc(Br)cc1. The van der Waals surface area contributed by atoms with Crippen LogP contribution in [0.2, 0.25) is 0 Å². The van der Waals surface area contributed by atoms with Crippen LogP contribution in [0.15, 0.2) is 77.4 Å². The topological polar surface area (TPSA) is 71.8 Å². The first-order valence-corrected chi connectivity index (χ1v) is 9.67. The number of fused-ring (bicyclic) bond motifs is 1. The van der Waals surface area contributed by atoms with Crippen molar-refractivity contribution in [2.24, 2.45) is 0 Å². The third kappa shape index (κ3) is 4.04. The highest BCUT2D eigenvalue weighted by atomic mass is 79.9. The molecule has 0 saturated heterocycles. The number of carbonyl (C=O) groups is 1. The molecule has 2 N–H and O–H groups in total. The van der Waals surface area contributed by atoms with Crippen molar-refractivity contribution < 1.29 is 4.79 Å². The number of carbonyl (C=O) groups excluding carboxylic acids is 1. The third-order valence-corrected chi connectivity index (χ3v) is 4.79. The number of halogens is 1. The van der Waals surface area contributed by atoms with Gasteiger partial charge >= 0.3 is 6.03 Å². The van der Waals surface area contributed by atoms with Gasteiger partial charge in [0.05, 0.1) is 0 Å². The highest BCUT2D eigenvalue weighted by Gasteiger charge is 2.13. The Morgan fingerprint density at radius 3 is 2.57 bits per heavy atom. The van der Waals surface area contributed by atoms with Crippen molar-refractivity contribution in [3.8, 4) is 11.4 Å². The van der Waals surface area contributed by atoms with E-state index in [1.807, 2.05) is 71.3 Å². The van der Waals surface area contributed by atoms with Crippen LogP contribution < -0.4 is 10.6 Å². The Hall–Kier alpha value is -3.19. The fraction of sp³-hybridized carbons (Fsp3) is 0.0952. The van der Waals surface area contributed by atoms with Crippen LogP contribution in [0.25, 0.3) is 22.6 Å². The van der Waals surface area contributed by atoms with E-state index in [1.54, 1.807) is 6.20 Å². The van der Waals surface area contributed by atoms with E-state index in [0.717, 1.165) is 32.7 Å². The van der Waals surface area contributed by atoms with Crippen LogP contribution in [-0.2, 0) is 6.54 Å². The molecule has 4 rings (SSSR count). The zero-order valence-electron chi connectivity index (χ0n) is 15.0. The van der Waals surface area contributed by atoms with Gasteiger partial charge in [-0.2, -0.15) is 0 Å². The van der Waals surface area contributed by atoms with Crippen molar-refractivity contribution in [3.05, 3.63) is 77.4 Å². The van der Waals surface area contributed by atoms with Crippen LogP contribution in [0.5, 0.6) is 0 Å². The molecule has 4 aromatic rings. The molecule has 0 unspecified atom stereocenters. The van der Waals surface area contributed by atoms with Gasteiger partial charge in [0.25, 0.3) is 0 Å². The van der Waals surface area contributed by atoms with Crippen LogP contribution in [-0.4, -0.2) is 27.1 Å². The molecule has 2 aromatic carbocycles. The number of nitrogens with one attached hydrogen (secondary N) is 2. The molecule has 140 valence electrons. The molecule has 0 bridgehead atoms. The maximum Gasteiger partial charge on any atom is 0.319 e. The first-order chi connectivity index (χ1) is 13.7. The van der Waals surface area contributed by atoms with Gasteiger partial charge in [0, 0.05) is 35.0 Å². The van der Waals surface area contributed by atoms with Crippen LogP contribution in [0.3, 0.4) is 0 Å². The smallest absolute Gasteiger partial charge is 0.319 e. The predicted molar refractivity (Wildman–Crippen MR) is 114 cm³/mol. The minimum atomic E-state index is -0.249. The summed E-state index contributed by atoms with van der Waals surface area (Å²) in [5, 5.41) is 5.71. The minimum Gasteiger partial charge on any atom is -0.336 e. The number of anilines is 1. The highest BCUT2D eigenvalue weighted by Crippen LogP contribution is 2.23. The number of pyridine rings is 1. The van der Waals surface area contributed by atoms with Crippen LogP contribution in [0.1, 0.15) is 0 Å². The van der Waals surface area contributed by atoms with E-state index in [2.05, 4.69) is 31.5 Å². The van der Waals surface area contributed by atoms with Crippen molar-refractivity contribution in [3.63, 3.8) is 0 Å². The average molecular weight is 436 g/mol. The van der Waals surface area contributed by atoms with Gasteiger partial charge < -0.3 is 15.2 Å². The summed E-state index contributed by atoms with van der Waals surface area (Å²) in [4.78, 5) is 21.4. The Bertz CT molecular complexity index is 1090. The van der Waals surface area contributed by atoms with E-state index in [4.69, 9.17) is 4.98 Å². The number of benzene rings is 2. The summed E-state index contributed by atoms with van der Waals surface area (Å²) < 4.78 is 3.00. The summed E-state index contributed by atoms with van der Waals surface area (Å²) in [6, 6.07) is 21.0. The van der Waals surface area contributed by atoms with E-state index >= 15 is 0 Å². The minimum absolute atomic E-state index is 0.249. The number of rotatable bonds is 5. The van der Waals surface area contributed by atoms with Gasteiger partial charge in [0.1, 0.15) is 11.3 Å². The summed E-state index contributed by atoms with van der Waals surface area (Å²) >= 11 is 3.38. The molecule has 0 aliphatic carbocycles. The Labute approximate surface area is 170 Å². The summed E-state index contributed by atoms with van der Waals surface area (Å²) in [6.45, 7) is 1.01. The molecule has 0 atom stereocenters. The molecule has 2 heterocycles. The number of urea groups is 1. The number of aromatic nitrogens is 3. The zero-order valence-corrected chi connectivity index (χ0v) is 16.6. The van der Waals surface area contributed by atoms with Crippen molar-refractivity contribution in [2.45, 2.75) is 6.54 Å². The average Bonchev–Trinajstić information content (AvgIpc) is 3.09. The Balaban J connectivity index is 1.48. The fourth-order valence-corrected chi connectivity index (χ4v) is 3.23. The van der Waals surface area contributed by atoms with Crippen LogP contribution in [0.4, 0.5) is 10.5 Å². The molecule has 7 heteroatoms. The molecule has 0 aliphatic heterocycles. The van der Waals surface area contributed by atoms with Crippen molar-refractivity contribution in [1.29, 1.82) is 0 Å². The largest absolute Gasteiger partial charge is 0.336 e. The van der Waals surface area contributed by atoms with E-state index in [9.17, 15) is 4.79 Å². The molecule has 2 amide bonds. The quantitative estimate of drug-likeness (QED) is 0.477. The van der Waals surface area contributed by atoms with Gasteiger partial charge in [-0.15, -0.1) is 0 Å². The number of hydrogen-bond donors (Lipinski definition) is 2. The Morgan fingerprint density at radius 1 is 1.00 bits per heavy atom. The van der Waals surface area contributed by atoms with Gasteiger partial charge in [-0.25, -0.2) is 14.8 Å². The molecule has 6 nitrogen and oxygen atoms in total. The van der Waals surface area contributed by atoms with Crippen LogP contribution >= 0.6 is 15.9 Å². The molecule has 0 spiro atoms. The van der Waals surface area contributed by atoms with Crippen LogP contribution in [0, 0.1) is 0 Å². The van der Waals surface area contributed by atoms with Gasteiger partial charge in [0.2, 0.25) is 0 Å². The number of nitrogens with zero attached hydrogens (tertiary/aromatic N) is 3. The van der Waals surface area contributed by atoms with E-state index in [0.29, 0.717) is 13.1 Å². The second-order valence-electron chi connectivity index (χ2n) is 6.19. The number of imidazole rings is 1. The van der Waals surface area contributed by atoms with E-state index < -0.39 is 0 Å². The first kappa shape index (κ1) is 18.2. The lowest BCUT2D eigenvalue weighted by atomic mass is 10.2. The van der Waals surface area contributed by atoms with E-state index in [1.165, 1.54) is 0 Å². The van der Waals surface area contributed by atoms with Gasteiger partial charge in [0.15, 0.2) is 5.65 Å². The normalized spacial score (nSPS) is 10.8. The molecule has 0 aliphatic rings. The summed E-state index contributed by atoms with van der Waals surface area (Å²) in [7, 11) is 0. The predicted octanol–water partition coefficient (Wildman–Crippen LogP) is 4.68. The first-order valence-electron chi connectivity index (χ1n) is 8.88. The zero-order chi connectivity index (χ0) is 19.3. The van der Waals surface area contributed by atoms with Crippen molar-refractivity contribution >= 4 is 38.8 Å². The summed E-state index contributed by atoms with van der Waals surface area (Å²) in [6.07, 6.45) is 1.75. The monoisotopic (exact) mass is 435 g/mol. The maximum atomic E-state index is 12.2. The molecule has 0 radical (unpaired) electrons. The highest BCUT2D eigenvalue weighted by molar-refractivity contribution is 9.10. The van der Waals surface area contributed by atoms with Crippen molar-refractivity contribution in [2.75, 3.05) is 11.9 Å². The lowest BCUT2D eigenvalue weighted by molar-refractivity contribution is 0.251. The fourth-order valence-electron chi connectivity index (χ4n) is 2.97. The molecule has 2 aromatic heterocycles. The number of amides is 2. The van der Waals surface area contributed by atoms with Gasteiger partial charge in [-0.1, -0.05) is 46.3 Å².